The number of pyridine rings is 1. The van der Waals surface area contributed by atoms with Gasteiger partial charge >= 0.3 is 5.97 Å². The van der Waals surface area contributed by atoms with Crippen LogP contribution in [0.4, 0.5) is 0 Å². The van der Waals surface area contributed by atoms with E-state index in [9.17, 15) is 14.7 Å². The molecule has 0 aromatic carbocycles. The van der Waals surface area contributed by atoms with Gasteiger partial charge in [0, 0.05) is 25.5 Å². The Kier molecular flexibility index (Phi) is 12.8. The number of carbonyl (C=O) groups excluding carboxylic acids is 2. The number of aromatic hydroxyl groups is 1. The molecular formula is C25H40N2O8. The van der Waals surface area contributed by atoms with Gasteiger partial charge in [0.15, 0.2) is 23.2 Å². The molecule has 1 amide bonds. The lowest BCUT2D eigenvalue weighted by atomic mass is 10.1. The smallest absolute Gasteiger partial charge is 0.331 e. The molecule has 2 rings (SSSR count). The minimum absolute atomic E-state index is 0.0955. The highest BCUT2D eigenvalue weighted by molar-refractivity contribution is 5.98. The first-order chi connectivity index (χ1) is 16.9. The second-order valence-electron chi connectivity index (χ2n) is 8.57. The summed E-state index contributed by atoms with van der Waals surface area (Å²) in [6.45, 7) is 7.13. The van der Waals surface area contributed by atoms with Crippen LogP contribution in [0.25, 0.3) is 0 Å². The van der Waals surface area contributed by atoms with Crippen LogP contribution in [0.3, 0.4) is 0 Å². The van der Waals surface area contributed by atoms with Gasteiger partial charge < -0.3 is 34.1 Å². The van der Waals surface area contributed by atoms with Gasteiger partial charge in [-0.3, -0.25) is 4.79 Å². The van der Waals surface area contributed by atoms with Crippen LogP contribution in [0.2, 0.25) is 0 Å². The van der Waals surface area contributed by atoms with Crippen molar-refractivity contribution in [2.24, 2.45) is 0 Å². The molecule has 2 N–H and O–H groups in total. The maximum Gasteiger partial charge on any atom is 0.331 e. The highest BCUT2D eigenvalue weighted by atomic mass is 16.6. The maximum atomic E-state index is 12.9. The van der Waals surface area contributed by atoms with E-state index in [0.29, 0.717) is 13.2 Å². The second-order valence-corrected chi connectivity index (χ2v) is 8.57. The van der Waals surface area contributed by atoms with Crippen molar-refractivity contribution in [2.45, 2.75) is 83.6 Å². The van der Waals surface area contributed by atoms with E-state index >= 15 is 0 Å². The minimum Gasteiger partial charge on any atom is -0.503 e. The fourth-order valence-electron chi connectivity index (χ4n) is 3.74. The molecule has 4 atom stereocenters. The Hall–Kier alpha value is -2.43. The number of aromatic nitrogens is 1. The maximum absolute atomic E-state index is 12.9. The number of hydrogen-bond donors (Lipinski definition) is 2. The van der Waals surface area contributed by atoms with Crippen LogP contribution in [0.5, 0.6) is 11.5 Å². The average Bonchev–Trinajstić information content (AvgIpc) is 2.89. The summed E-state index contributed by atoms with van der Waals surface area (Å²) in [4.78, 5) is 29.6. The van der Waals surface area contributed by atoms with Crippen LogP contribution in [0.15, 0.2) is 12.3 Å². The van der Waals surface area contributed by atoms with E-state index in [0.717, 1.165) is 38.5 Å². The van der Waals surface area contributed by atoms with Crippen molar-refractivity contribution < 1.29 is 38.4 Å². The molecule has 2 heterocycles. The first-order valence-electron chi connectivity index (χ1n) is 12.5. The van der Waals surface area contributed by atoms with Crippen molar-refractivity contribution in [1.82, 2.24) is 10.3 Å². The Morgan fingerprint density at radius 2 is 1.83 bits per heavy atom. The number of methoxy groups -OCH3 is 1. The Bertz CT molecular complexity index is 791. The van der Waals surface area contributed by atoms with Crippen LogP contribution < -0.4 is 10.1 Å². The van der Waals surface area contributed by atoms with Gasteiger partial charge in [-0.15, -0.1) is 0 Å². The molecule has 0 radical (unpaired) electrons. The molecule has 35 heavy (non-hydrogen) atoms. The normalized spacial score (nSPS) is 23.0. The number of amides is 1. The molecule has 10 nitrogen and oxygen atoms in total. The Morgan fingerprint density at radius 3 is 2.49 bits per heavy atom. The number of nitrogens with one attached hydrogen (secondary N) is 1. The van der Waals surface area contributed by atoms with Crippen LogP contribution in [0.1, 0.15) is 69.8 Å². The van der Waals surface area contributed by atoms with E-state index in [1.807, 2.05) is 0 Å². The van der Waals surface area contributed by atoms with Gasteiger partial charge in [-0.2, -0.15) is 0 Å². The summed E-state index contributed by atoms with van der Waals surface area (Å²) in [6, 6.07) is 0.323. The van der Waals surface area contributed by atoms with Gasteiger partial charge in [0.25, 0.3) is 5.91 Å². The average molecular weight is 497 g/mol. The number of esters is 1. The van der Waals surface area contributed by atoms with Crippen molar-refractivity contribution >= 4 is 11.9 Å². The number of unbranched alkanes of at least 4 members (excludes halogenated alkanes) is 4. The number of ether oxygens (including phenoxy) is 5. The summed E-state index contributed by atoms with van der Waals surface area (Å²) in [5.41, 5.74) is -0.265. The van der Waals surface area contributed by atoms with Crippen LogP contribution in [-0.4, -0.2) is 79.9 Å². The first-order valence-corrected chi connectivity index (χ1v) is 12.5. The molecular weight excluding hydrogens is 456 g/mol. The number of cyclic esters (lactones) is 1. The van der Waals surface area contributed by atoms with Crippen molar-refractivity contribution in [3.8, 4) is 11.5 Å². The zero-order valence-electron chi connectivity index (χ0n) is 21.3. The van der Waals surface area contributed by atoms with Crippen molar-refractivity contribution in [2.75, 3.05) is 33.5 Å². The SMILES string of the molecule is CCCCCO[C@H]1[C@H](C)OC(=O)[C@@H](NC(=O)c2nccc(OC)c2O)COC[C@@H]1OCCCCC. The molecule has 0 unspecified atom stereocenters. The second kappa shape index (κ2) is 15.5. The standard InChI is InChI=1S/C25H40N2O8/c1-5-7-9-13-33-20-16-32-15-18(25(30)35-17(3)23(20)34-14-10-8-6-2)27-24(29)21-22(28)19(31-4)11-12-26-21/h11-12,17-18,20,23,28H,5-10,13-16H2,1-4H3,(H,27,29)/t17-,18-,20-,23-/m0/s1. The summed E-state index contributed by atoms with van der Waals surface area (Å²) < 4.78 is 28.7. The molecule has 198 valence electrons. The van der Waals surface area contributed by atoms with Crippen LogP contribution >= 0.6 is 0 Å². The van der Waals surface area contributed by atoms with Gasteiger partial charge in [-0.05, 0) is 19.8 Å². The predicted molar refractivity (Wildman–Crippen MR) is 129 cm³/mol. The van der Waals surface area contributed by atoms with Gasteiger partial charge in [0.05, 0.1) is 20.3 Å². The summed E-state index contributed by atoms with van der Waals surface area (Å²) in [5, 5.41) is 12.8. The zero-order valence-corrected chi connectivity index (χ0v) is 21.3. The summed E-state index contributed by atoms with van der Waals surface area (Å²) in [5.74, 6) is -1.74. The zero-order chi connectivity index (χ0) is 25.6. The fourth-order valence-corrected chi connectivity index (χ4v) is 3.74. The van der Waals surface area contributed by atoms with Crippen LogP contribution in [-0.2, 0) is 23.7 Å². The van der Waals surface area contributed by atoms with Crippen molar-refractivity contribution in [3.63, 3.8) is 0 Å². The fraction of sp³-hybridized carbons (Fsp3) is 0.720. The molecule has 1 aliphatic heterocycles. The molecule has 0 saturated carbocycles. The van der Waals surface area contributed by atoms with Crippen molar-refractivity contribution in [3.05, 3.63) is 18.0 Å². The summed E-state index contributed by atoms with van der Waals surface area (Å²) in [7, 11) is 1.36. The van der Waals surface area contributed by atoms with Crippen molar-refractivity contribution in [1.29, 1.82) is 0 Å². The van der Waals surface area contributed by atoms with E-state index < -0.39 is 42.0 Å². The molecule has 1 aromatic heterocycles. The third kappa shape index (κ3) is 8.94. The van der Waals surface area contributed by atoms with E-state index in [2.05, 4.69) is 24.1 Å². The highest BCUT2D eigenvalue weighted by Gasteiger charge is 2.36. The van der Waals surface area contributed by atoms with Gasteiger partial charge in [0.2, 0.25) is 0 Å². The van der Waals surface area contributed by atoms with E-state index in [1.54, 1.807) is 6.92 Å². The molecule has 1 aliphatic rings. The lowest BCUT2D eigenvalue weighted by Crippen LogP contribution is -2.47. The van der Waals surface area contributed by atoms with Crippen LogP contribution in [0, 0.1) is 0 Å². The topological polar surface area (TPSA) is 125 Å². The third-order valence-electron chi connectivity index (χ3n) is 5.75. The summed E-state index contributed by atoms with van der Waals surface area (Å²) in [6.07, 6.45) is 5.83. The predicted octanol–water partition coefficient (Wildman–Crippen LogP) is 3.01. The minimum atomic E-state index is -1.10. The molecule has 1 aromatic rings. The van der Waals surface area contributed by atoms with Gasteiger partial charge in [-0.1, -0.05) is 39.5 Å². The Balaban J connectivity index is 2.11. The Morgan fingerprint density at radius 1 is 1.14 bits per heavy atom. The lowest BCUT2D eigenvalue weighted by molar-refractivity contribution is -0.168. The molecule has 1 fully saturated rings. The number of rotatable bonds is 13. The summed E-state index contributed by atoms with van der Waals surface area (Å²) >= 11 is 0. The monoisotopic (exact) mass is 496 g/mol. The van der Waals surface area contributed by atoms with Gasteiger partial charge in [0.1, 0.15) is 18.3 Å². The van der Waals surface area contributed by atoms with E-state index in [4.69, 9.17) is 23.7 Å². The highest BCUT2D eigenvalue weighted by Crippen LogP contribution is 2.27. The van der Waals surface area contributed by atoms with E-state index in [-0.39, 0.29) is 24.7 Å². The van der Waals surface area contributed by atoms with E-state index in [1.165, 1.54) is 19.4 Å². The molecule has 10 heteroatoms. The number of hydrogen-bond acceptors (Lipinski definition) is 9. The number of nitrogens with zero attached hydrogens (tertiary/aromatic N) is 1. The molecule has 0 spiro atoms. The lowest BCUT2D eigenvalue weighted by Gasteiger charge is -2.30. The Labute approximate surface area is 207 Å². The molecule has 0 aliphatic carbocycles. The largest absolute Gasteiger partial charge is 0.503 e. The quantitative estimate of drug-likeness (QED) is 0.313. The molecule has 1 saturated heterocycles. The third-order valence-corrected chi connectivity index (χ3v) is 5.75. The number of carbonyl (C=O) groups is 2. The first kappa shape index (κ1) is 28.8. The molecule has 0 bridgehead atoms. The van der Waals surface area contributed by atoms with Gasteiger partial charge in [-0.25, -0.2) is 9.78 Å².